The Hall–Kier alpha value is -3.16. The van der Waals surface area contributed by atoms with Crippen LogP contribution in [0.2, 0.25) is 0 Å². The van der Waals surface area contributed by atoms with E-state index in [-0.39, 0.29) is 17.5 Å². The van der Waals surface area contributed by atoms with Crippen molar-refractivity contribution in [2.24, 2.45) is 0 Å². The van der Waals surface area contributed by atoms with E-state index in [2.05, 4.69) is 28.8 Å². The lowest BCUT2D eigenvalue weighted by Crippen LogP contribution is -2.20. The minimum Gasteiger partial charge on any atom is -0.382 e. The summed E-state index contributed by atoms with van der Waals surface area (Å²) >= 11 is 0. The van der Waals surface area contributed by atoms with Gasteiger partial charge < -0.3 is 15.3 Å². The summed E-state index contributed by atoms with van der Waals surface area (Å²) in [5.41, 5.74) is 9.17. The molecule has 3 N–H and O–H groups in total. The molecule has 8 nitrogen and oxygen atoms in total. The van der Waals surface area contributed by atoms with E-state index in [4.69, 9.17) is 10.7 Å². The highest BCUT2D eigenvalue weighted by Crippen LogP contribution is 2.29. The molecule has 0 aliphatic rings. The summed E-state index contributed by atoms with van der Waals surface area (Å²) in [6.45, 7) is 8.25. The molecule has 4 rings (SSSR count). The average Bonchev–Trinajstić information content (AvgIpc) is 3.21. The molecule has 4 heterocycles. The molecule has 8 heteroatoms. The van der Waals surface area contributed by atoms with Crippen molar-refractivity contribution in [3.8, 4) is 11.5 Å². The molecule has 0 saturated heterocycles. The lowest BCUT2D eigenvalue weighted by atomic mass is 10.1. The fraction of sp³-hybridized carbons (Fsp3) is 0.333. The smallest absolute Gasteiger partial charge is 0.259 e. The quantitative estimate of drug-likeness (QED) is 0.590. The van der Waals surface area contributed by atoms with E-state index in [0.717, 1.165) is 16.6 Å². The minimum atomic E-state index is -0.176. The zero-order chi connectivity index (χ0) is 18.6. The first-order chi connectivity index (χ1) is 12.4. The van der Waals surface area contributed by atoms with Crippen LogP contribution in [-0.2, 0) is 0 Å². The van der Waals surface area contributed by atoms with E-state index in [0.29, 0.717) is 23.1 Å². The number of H-pyrrole nitrogens is 1. The molecule has 0 atom stereocenters. The van der Waals surface area contributed by atoms with Crippen LogP contribution in [0.25, 0.3) is 28.3 Å². The largest absolute Gasteiger partial charge is 0.382 e. The van der Waals surface area contributed by atoms with Gasteiger partial charge in [-0.05, 0) is 25.3 Å². The Kier molecular flexibility index (Phi) is 3.57. The van der Waals surface area contributed by atoms with Crippen molar-refractivity contribution in [1.29, 1.82) is 0 Å². The summed E-state index contributed by atoms with van der Waals surface area (Å²) in [5.74, 6) is 1.63. The van der Waals surface area contributed by atoms with Crippen molar-refractivity contribution in [3.63, 3.8) is 0 Å². The number of nitrogens with two attached hydrogens (primary N) is 1. The first-order valence-corrected chi connectivity index (χ1v) is 8.62. The Morgan fingerprint density at radius 1 is 1.19 bits per heavy atom. The second-order valence-electron chi connectivity index (χ2n) is 6.98. The monoisotopic (exact) mass is 351 g/mol. The summed E-state index contributed by atoms with van der Waals surface area (Å²) in [6.07, 6.45) is 5.18. The van der Waals surface area contributed by atoms with E-state index >= 15 is 0 Å². The van der Waals surface area contributed by atoms with E-state index in [1.165, 1.54) is 10.5 Å². The van der Waals surface area contributed by atoms with Gasteiger partial charge in [0.25, 0.3) is 5.56 Å². The number of aromatic nitrogens is 6. The zero-order valence-corrected chi connectivity index (χ0v) is 15.2. The van der Waals surface area contributed by atoms with Crippen molar-refractivity contribution in [3.05, 3.63) is 40.6 Å². The van der Waals surface area contributed by atoms with E-state index in [1.807, 2.05) is 24.6 Å². The summed E-state index contributed by atoms with van der Waals surface area (Å²) in [7, 11) is 0. The third kappa shape index (κ3) is 2.29. The molecule has 0 radical (unpaired) electrons. The van der Waals surface area contributed by atoms with Gasteiger partial charge in [-0.1, -0.05) is 13.8 Å². The van der Waals surface area contributed by atoms with Crippen molar-refractivity contribution in [2.45, 2.75) is 39.7 Å². The number of nitrogens with zero attached hydrogens (tertiary/aromatic N) is 5. The third-order valence-corrected chi connectivity index (χ3v) is 4.54. The fourth-order valence-corrected chi connectivity index (χ4v) is 3.29. The maximum absolute atomic E-state index is 12.5. The van der Waals surface area contributed by atoms with Gasteiger partial charge in [-0.2, -0.15) is 0 Å². The average molecular weight is 351 g/mol. The highest BCUT2D eigenvalue weighted by Gasteiger charge is 2.19. The van der Waals surface area contributed by atoms with Gasteiger partial charge in [0.05, 0.1) is 11.2 Å². The lowest BCUT2D eigenvalue weighted by molar-refractivity contribution is 0.603. The van der Waals surface area contributed by atoms with Gasteiger partial charge in [0.1, 0.15) is 5.52 Å². The predicted molar refractivity (Wildman–Crippen MR) is 101 cm³/mol. The van der Waals surface area contributed by atoms with E-state index in [1.54, 1.807) is 12.4 Å². The Morgan fingerprint density at radius 3 is 2.65 bits per heavy atom. The van der Waals surface area contributed by atoms with Crippen molar-refractivity contribution >= 4 is 22.6 Å². The number of nitrogens with one attached hydrogen (secondary N) is 1. The van der Waals surface area contributed by atoms with Gasteiger partial charge in [-0.15, -0.1) is 0 Å². The molecule has 0 amide bonds. The number of rotatable bonds is 3. The van der Waals surface area contributed by atoms with Crippen LogP contribution >= 0.6 is 0 Å². The Morgan fingerprint density at radius 2 is 1.96 bits per heavy atom. The van der Waals surface area contributed by atoms with Crippen LogP contribution < -0.4 is 11.3 Å². The van der Waals surface area contributed by atoms with Crippen LogP contribution in [-0.4, -0.2) is 28.9 Å². The van der Waals surface area contributed by atoms with Crippen molar-refractivity contribution in [2.75, 3.05) is 5.73 Å². The molecule has 4 aromatic rings. The third-order valence-electron chi connectivity index (χ3n) is 4.54. The summed E-state index contributed by atoms with van der Waals surface area (Å²) in [6, 6.07) is 1.60. The molecule has 0 unspecified atom stereocenters. The Bertz CT molecular complexity index is 1180. The predicted octanol–water partition coefficient (Wildman–Crippen LogP) is 2.72. The number of hydrogen-bond donors (Lipinski definition) is 2. The second-order valence-corrected chi connectivity index (χ2v) is 6.98. The Labute approximate surface area is 149 Å². The highest BCUT2D eigenvalue weighted by molar-refractivity contribution is 5.89. The van der Waals surface area contributed by atoms with Crippen LogP contribution in [0.4, 0.5) is 5.82 Å². The second kappa shape index (κ2) is 5.69. The molecule has 26 heavy (non-hydrogen) atoms. The first kappa shape index (κ1) is 16.3. The van der Waals surface area contributed by atoms with E-state index < -0.39 is 0 Å². The van der Waals surface area contributed by atoms with E-state index in [9.17, 15) is 4.79 Å². The van der Waals surface area contributed by atoms with Crippen molar-refractivity contribution < 1.29 is 0 Å². The van der Waals surface area contributed by atoms with Crippen molar-refractivity contribution in [1.82, 2.24) is 28.9 Å². The summed E-state index contributed by atoms with van der Waals surface area (Å²) < 4.78 is 3.46. The number of imidazole rings is 1. The van der Waals surface area contributed by atoms with Gasteiger partial charge in [-0.25, -0.2) is 15.0 Å². The molecule has 0 aliphatic heterocycles. The molecular formula is C18H21N7O. The number of aromatic amines is 1. The van der Waals surface area contributed by atoms with Gasteiger partial charge in [0, 0.05) is 30.7 Å². The molecular weight excluding hydrogens is 330 g/mol. The molecule has 0 saturated carbocycles. The minimum absolute atomic E-state index is 0.0619. The molecule has 0 fully saturated rings. The van der Waals surface area contributed by atoms with Gasteiger partial charge >= 0.3 is 0 Å². The van der Waals surface area contributed by atoms with Crippen LogP contribution in [0, 0.1) is 0 Å². The van der Waals surface area contributed by atoms with Crippen LogP contribution in [0.3, 0.4) is 0 Å². The molecule has 134 valence electrons. The SMILES string of the molecule is CC(C)c1c[nH]c2c(N)nc(-c3cc(=O)n4ccnc4n3C(C)C)nc12. The number of fused-ring (bicyclic) bond motifs is 2. The summed E-state index contributed by atoms with van der Waals surface area (Å²) in [4.78, 5) is 29.2. The van der Waals surface area contributed by atoms with Gasteiger partial charge in [0.2, 0.25) is 5.78 Å². The normalized spacial score (nSPS) is 12.1. The fourth-order valence-electron chi connectivity index (χ4n) is 3.29. The molecule has 4 aromatic heterocycles. The molecule has 0 bridgehead atoms. The number of nitrogen functional groups attached to an aromatic ring is 1. The lowest BCUT2D eigenvalue weighted by Gasteiger charge is -2.17. The highest BCUT2D eigenvalue weighted by atomic mass is 16.1. The first-order valence-electron chi connectivity index (χ1n) is 8.62. The van der Waals surface area contributed by atoms with Crippen LogP contribution in [0.15, 0.2) is 29.5 Å². The number of anilines is 1. The maximum atomic E-state index is 12.5. The van der Waals surface area contributed by atoms with Crippen LogP contribution in [0.1, 0.15) is 45.2 Å². The Balaban J connectivity index is 2.08. The van der Waals surface area contributed by atoms with Gasteiger partial charge in [0.15, 0.2) is 11.6 Å². The van der Waals surface area contributed by atoms with Crippen LogP contribution in [0.5, 0.6) is 0 Å². The van der Waals surface area contributed by atoms with Gasteiger partial charge in [-0.3, -0.25) is 9.20 Å². The molecule has 0 spiro atoms. The summed E-state index contributed by atoms with van der Waals surface area (Å²) in [5, 5.41) is 0. The maximum Gasteiger partial charge on any atom is 0.259 e. The zero-order valence-electron chi connectivity index (χ0n) is 15.2. The molecule has 0 aromatic carbocycles. The standard InChI is InChI=1S/C18H21N7O/c1-9(2)11-8-21-15-14(11)22-17(23-16(15)19)12-7-13(26)24-6-5-20-18(24)25(12)10(3)4/h5-10,21H,1-4H3,(H2,19,22,23). The molecule has 0 aliphatic carbocycles. The number of hydrogen-bond acceptors (Lipinski definition) is 5. The topological polar surface area (TPSA) is 107 Å².